The fourth-order valence-corrected chi connectivity index (χ4v) is 5.29. The smallest absolute Gasteiger partial charge is 0.194 e. The summed E-state index contributed by atoms with van der Waals surface area (Å²) in [5, 5.41) is 0.736. The van der Waals surface area contributed by atoms with Crippen molar-refractivity contribution in [3.05, 3.63) is 40.7 Å². The van der Waals surface area contributed by atoms with E-state index in [9.17, 15) is 4.79 Å². The summed E-state index contributed by atoms with van der Waals surface area (Å²) in [5.74, 6) is 6.91. The maximum absolute atomic E-state index is 12.9. The summed E-state index contributed by atoms with van der Waals surface area (Å²) < 4.78 is 2.23. The molecule has 166 valence electrons. The normalized spacial score (nSPS) is 15.7. The first-order chi connectivity index (χ1) is 14.4. The van der Waals surface area contributed by atoms with Crippen LogP contribution in [0.4, 0.5) is 11.4 Å². The lowest BCUT2D eigenvalue weighted by molar-refractivity contribution is 0.312. The SMILES string of the molecule is C=C.CCC.Cc1c(N2CCN(C)CC2)c2c3c(c1NN)c(=O)c(C)cn3CCS2. The van der Waals surface area contributed by atoms with Gasteiger partial charge in [0.1, 0.15) is 0 Å². The van der Waals surface area contributed by atoms with Crippen LogP contribution in [0.15, 0.2) is 29.0 Å². The Labute approximate surface area is 185 Å². The molecule has 0 bridgehead atoms. The molecule has 1 aromatic heterocycles. The van der Waals surface area contributed by atoms with Crippen LogP contribution in [-0.2, 0) is 6.54 Å². The summed E-state index contributed by atoms with van der Waals surface area (Å²) in [5.41, 5.74) is 7.83. The van der Waals surface area contributed by atoms with Crippen LogP contribution in [-0.4, -0.2) is 48.4 Å². The van der Waals surface area contributed by atoms with E-state index in [0.717, 1.165) is 66.2 Å². The molecule has 6 nitrogen and oxygen atoms in total. The molecule has 2 aromatic rings. The number of hydrogen-bond donors (Lipinski definition) is 2. The van der Waals surface area contributed by atoms with E-state index in [-0.39, 0.29) is 5.43 Å². The van der Waals surface area contributed by atoms with Gasteiger partial charge in [-0.3, -0.25) is 10.6 Å². The zero-order chi connectivity index (χ0) is 22.4. The molecule has 2 aliphatic rings. The first kappa shape index (κ1) is 24.3. The number of rotatable bonds is 2. The monoisotopic (exact) mass is 431 g/mol. The van der Waals surface area contributed by atoms with Gasteiger partial charge in [0, 0.05) is 50.2 Å². The second kappa shape index (κ2) is 10.9. The molecular weight excluding hydrogens is 394 g/mol. The zero-order valence-corrected chi connectivity index (χ0v) is 20.0. The number of hydrogen-bond acceptors (Lipinski definition) is 6. The number of nitrogens with one attached hydrogen (secondary N) is 1. The summed E-state index contributed by atoms with van der Waals surface area (Å²) in [7, 11) is 2.16. The lowest BCUT2D eigenvalue weighted by Gasteiger charge is -2.37. The molecule has 2 aliphatic heterocycles. The summed E-state index contributed by atoms with van der Waals surface area (Å²) >= 11 is 1.87. The van der Waals surface area contributed by atoms with Gasteiger partial charge >= 0.3 is 0 Å². The first-order valence-corrected chi connectivity index (χ1v) is 11.7. The van der Waals surface area contributed by atoms with Crippen molar-refractivity contribution in [3.63, 3.8) is 0 Å². The van der Waals surface area contributed by atoms with E-state index in [1.54, 1.807) is 0 Å². The van der Waals surface area contributed by atoms with Gasteiger partial charge in [0.05, 0.1) is 27.2 Å². The van der Waals surface area contributed by atoms with Gasteiger partial charge in [0.25, 0.3) is 0 Å². The Bertz CT molecular complexity index is 932. The molecule has 0 atom stereocenters. The number of piperazine rings is 1. The second-order valence-corrected chi connectivity index (χ2v) is 8.83. The lowest BCUT2D eigenvalue weighted by atomic mass is 10.0. The fourth-order valence-electron chi connectivity index (χ4n) is 4.02. The number of benzene rings is 1. The van der Waals surface area contributed by atoms with Crippen molar-refractivity contribution in [3.8, 4) is 0 Å². The van der Waals surface area contributed by atoms with Crippen LogP contribution in [0.5, 0.6) is 0 Å². The molecule has 0 spiro atoms. The van der Waals surface area contributed by atoms with Crippen LogP contribution < -0.4 is 21.6 Å². The quantitative estimate of drug-likeness (QED) is 0.426. The molecule has 0 radical (unpaired) electrons. The van der Waals surface area contributed by atoms with Crippen molar-refractivity contribution in [2.45, 2.75) is 45.6 Å². The highest BCUT2D eigenvalue weighted by molar-refractivity contribution is 7.99. The fraction of sp³-hybridized carbons (Fsp3) is 0.522. The van der Waals surface area contributed by atoms with Gasteiger partial charge in [-0.05, 0) is 26.5 Å². The third-order valence-electron chi connectivity index (χ3n) is 5.41. The molecule has 1 saturated heterocycles. The molecule has 0 saturated carbocycles. The molecule has 7 heteroatoms. The molecule has 3 N–H and O–H groups in total. The Morgan fingerprint density at radius 2 is 1.73 bits per heavy atom. The van der Waals surface area contributed by atoms with Crippen LogP contribution in [0.1, 0.15) is 31.4 Å². The Balaban J connectivity index is 0.000000590. The summed E-state index contributed by atoms with van der Waals surface area (Å²) in [6.45, 7) is 19.2. The topological polar surface area (TPSA) is 66.5 Å². The number of hydrazine groups is 1. The molecule has 4 rings (SSSR count). The minimum absolute atomic E-state index is 0.0796. The number of thioether (sulfide) groups is 1. The molecule has 1 fully saturated rings. The predicted molar refractivity (Wildman–Crippen MR) is 133 cm³/mol. The third kappa shape index (κ3) is 4.53. The van der Waals surface area contributed by atoms with E-state index in [2.05, 4.69) is 60.8 Å². The average molecular weight is 432 g/mol. The highest BCUT2D eigenvalue weighted by Gasteiger charge is 2.28. The van der Waals surface area contributed by atoms with Gasteiger partial charge in [0.15, 0.2) is 5.43 Å². The minimum Gasteiger partial charge on any atom is -0.368 e. The van der Waals surface area contributed by atoms with Gasteiger partial charge < -0.3 is 19.8 Å². The number of nitrogens with zero attached hydrogens (tertiary/aromatic N) is 3. The summed E-state index contributed by atoms with van der Waals surface area (Å²) in [4.78, 5) is 18.9. The number of aryl methyl sites for hydroxylation is 2. The van der Waals surface area contributed by atoms with E-state index < -0.39 is 0 Å². The predicted octanol–water partition coefficient (Wildman–Crippen LogP) is 3.98. The summed E-state index contributed by atoms with van der Waals surface area (Å²) in [6, 6.07) is 0. The van der Waals surface area contributed by atoms with Crippen LogP contribution in [0.25, 0.3) is 10.9 Å². The standard InChI is InChI=1S/C18H25N5OS.C3H8.C2H4/c1-11-10-23-8-9-25-18-15(22-6-4-21(3)5-7-22)12(2)14(20-19)13(16(18)23)17(11)24;1-3-2;1-2/h10,20H,4-9,19H2,1-3H3;3H2,1-2H3;1-2H2. The Morgan fingerprint density at radius 3 is 2.30 bits per heavy atom. The van der Waals surface area contributed by atoms with Gasteiger partial charge in [-0.2, -0.15) is 0 Å². The number of aromatic nitrogens is 1. The summed E-state index contributed by atoms with van der Waals surface area (Å²) in [6.07, 6.45) is 3.25. The third-order valence-corrected chi connectivity index (χ3v) is 6.47. The molecule has 30 heavy (non-hydrogen) atoms. The molecule has 1 aromatic carbocycles. The van der Waals surface area contributed by atoms with Crippen molar-refractivity contribution < 1.29 is 0 Å². The maximum atomic E-state index is 12.9. The Morgan fingerprint density at radius 1 is 1.13 bits per heavy atom. The van der Waals surface area contributed by atoms with Crippen molar-refractivity contribution in [1.29, 1.82) is 0 Å². The Kier molecular flexibility index (Phi) is 8.82. The molecular formula is C23H37N5OS. The van der Waals surface area contributed by atoms with E-state index >= 15 is 0 Å². The minimum atomic E-state index is 0.0796. The van der Waals surface area contributed by atoms with E-state index in [0.29, 0.717) is 0 Å². The number of likely N-dealkylation sites (N-methyl/N-ethyl adjacent to an activating group) is 1. The maximum Gasteiger partial charge on any atom is 0.194 e. The number of nitrogen functional groups attached to an aromatic ring is 1. The van der Waals surface area contributed by atoms with Gasteiger partial charge in [-0.1, -0.05) is 20.3 Å². The van der Waals surface area contributed by atoms with E-state index in [4.69, 9.17) is 5.84 Å². The number of anilines is 2. The van der Waals surface area contributed by atoms with Crippen LogP contribution in [0.2, 0.25) is 0 Å². The van der Waals surface area contributed by atoms with Crippen molar-refractivity contribution in [2.75, 3.05) is 49.3 Å². The van der Waals surface area contributed by atoms with E-state index in [1.807, 2.05) is 24.9 Å². The highest BCUT2D eigenvalue weighted by Crippen LogP contribution is 2.45. The highest BCUT2D eigenvalue weighted by atomic mass is 32.2. The van der Waals surface area contributed by atoms with Crippen molar-refractivity contribution in [2.24, 2.45) is 5.84 Å². The van der Waals surface area contributed by atoms with Gasteiger partial charge in [0.2, 0.25) is 0 Å². The second-order valence-electron chi connectivity index (χ2n) is 7.73. The lowest BCUT2D eigenvalue weighted by Crippen LogP contribution is -2.45. The number of nitrogens with two attached hydrogens (primary N) is 1. The van der Waals surface area contributed by atoms with E-state index in [1.165, 1.54) is 17.0 Å². The van der Waals surface area contributed by atoms with Crippen LogP contribution in [0.3, 0.4) is 0 Å². The first-order valence-electron chi connectivity index (χ1n) is 10.7. The van der Waals surface area contributed by atoms with Gasteiger partial charge in [-0.25, -0.2) is 0 Å². The van der Waals surface area contributed by atoms with Gasteiger partial charge in [-0.15, -0.1) is 24.9 Å². The van der Waals surface area contributed by atoms with Crippen LogP contribution in [0, 0.1) is 13.8 Å². The Hall–Kier alpha value is -1.96. The van der Waals surface area contributed by atoms with Crippen LogP contribution >= 0.6 is 11.8 Å². The average Bonchev–Trinajstić information content (AvgIpc) is 2.75. The van der Waals surface area contributed by atoms with Crippen molar-refractivity contribution >= 4 is 34.0 Å². The molecule has 0 unspecified atom stereocenters. The molecule has 3 heterocycles. The largest absolute Gasteiger partial charge is 0.368 e. The molecule has 0 aliphatic carbocycles. The zero-order valence-electron chi connectivity index (χ0n) is 19.2. The molecule has 0 amide bonds. The number of pyridine rings is 1. The van der Waals surface area contributed by atoms with Crippen molar-refractivity contribution in [1.82, 2.24) is 9.47 Å².